The zero-order valence-corrected chi connectivity index (χ0v) is 10.5. The molecule has 2 rings (SSSR count). The smallest absolute Gasteiger partial charge is 0.243 e. The Morgan fingerprint density at radius 2 is 2.26 bits per heavy atom. The maximum absolute atomic E-state index is 13.1. The molecule has 1 atom stereocenters. The number of hydrogen-bond donors (Lipinski definition) is 2. The van der Waals surface area contributed by atoms with Crippen molar-refractivity contribution in [3.05, 3.63) is 36.3 Å². The fraction of sp³-hybridized carbons (Fsp3) is 0.308. The van der Waals surface area contributed by atoms with E-state index >= 15 is 0 Å². The molecule has 0 unspecified atom stereocenters. The van der Waals surface area contributed by atoms with Crippen LogP contribution in [0.5, 0.6) is 0 Å². The van der Waals surface area contributed by atoms with E-state index in [0.29, 0.717) is 30.2 Å². The van der Waals surface area contributed by atoms with Crippen molar-refractivity contribution >= 4 is 5.95 Å². The van der Waals surface area contributed by atoms with Crippen molar-refractivity contribution in [3.8, 4) is 11.3 Å². The lowest BCUT2D eigenvalue weighted by Gasteiger charge is -2.09. The molecule has 2 aromatic rings. The van der Waals surface area contributed by atoms with Gasteiger partial charge in [-0.25, -0.2) is 9.37 Å². The number of aliphatic hydroxyl groups excluding tert-OH is 1. The van der Waals surface area contributed by atoms with E-state index in [-0.39, 0.29) is 5.82 Å². The van der Waals surface area contributed by atoms with E-state index in [9.17, 15) is 9.50 Å². The highest BCUT2D eigenvalue weighted by molar-refractivity contribution is 5.58. The lowest BCUT2D eigenvalue weighted by Crippen LogP contribution is -2.19. The van der Waals surface area contributed by atoms with E-state index in [2.05, 4.69) is 20.5 Å². The van der Waals surface area contributed by atoms with Crippen LogP contribution in [0.3, 0.4) is 0 Å². The number of rotatable bonds is 5. The molecule has 0 saturated heterocycles. The molecule has 1 aromatic heterocycles. The summed E-state index contributed by atoms with van der Waals surface area (Å²) < 4.78 is 13.1. The molecule has 1 heterocycles. The Labute approximate surface area is 110 Å². The number of anilines is 1. The van der Waals surface area contributed by atoms with Crippen molar-refractivity contribution in [2.24, 2.45) is 0 Å². The number of aromatic nitrogens is 3. The van der Waals surface area contributed by atoms with Crippen LogP contribution in [0.15, 0.2) is 30.5 Å². The average molecular weight is 262 g/mol. The van der Waals surface area contributed by atoms with Crippen molar-refractivity contribution in [1.29, 1.82) is 0 Å². The third kappa shape index (κ3) is 3.69. The van der Waals surface area contributed by atoms with Crippen LogP contribution in [0, 0.1) is 5.82 Å². The highest BCUT2D eigenvalue weighted by Crippen LogP contribution is 2.17. The predicted molar refractivity (Wildman–Crippen MR) is 70.0 cm³/mol. The second-order valence-corrected chi connectivity index (χ2v) is 4.12. The summed E-state index contributed by atoms with van der Waals surface area (Å²) in [6.07, 6.45) is 1.65. The van der Waals surface area contributed by atoms with E-state index in [4.69, 9.17) is 0 Å². The summed E-state index contributed by atoms with van der Waals surface area (Å²) in [6.45, 7) is 2.24. The number of benzene rings is 1. The van der Waals surface area contributed by atoms with Gasteiger partial charge < -0.3 is 10.4 Å². The Morgan fingerprint density at radius 1 is 1.42 bits per heavy atom. The summed E-state index contributed by atoms with van der Waals surface area (Å²) in [5.74, 6) is -0.0127. The predicted octanol–water partition coefficient (Wildman–Crippen LogP) is 1.86. The maximum atomic E-state index is 13.1. The summed E-state index contributed by atoms with van der Waals surface area (Å²) in [7, 11) is 0. The quantitative estimate of drug-likeness (QED) is 0.860. The number of nitrogens with zero attached hydrogens (tertiary/aromatic N) is 3. The van der Waals surface area contributed by atoms with Crippen LogP contribution in [0.4, 0.5) is 10.3 Å². The third-order valence-corrected chi connectivity index (χ3v) is 2.65. The Morgan fingerprint density at radius 3 is 3.00 bits per heavy atom. The van der Waals surface area contributed by atoms with Crippen molar-refractivity contribution in [2.75, 3.05) is 11.9 Å². The third-order valence-electron chi connectivity index (χ3n) is 2.65. The molecule has 0 spiro atoms. The molecule has 100 valence electrons. The van der Waals surface area contributed by atoms with E-state index in [1.807, 2.05) is 6.92 Å². The van der Waals surface area contributed by atoms with Gasteiger partial charge in [-0.1, -0.05) is 19.1 Å². The highest BCUT2D eigenvalue weighted by Gasteiger charge is 2.06. The van der Waals surface area contributed by atoms with Gasteiger partial charge in [0.15, 0.2) is 0 Å². The highest BCUT2D eigenvalue weighted by atomic mass is 19.1. The summed E-state index contributed by atoms with van der Waals surface area (Å²) in [6, 6.07) is 6.11. The van der Waals surface area contributed by atoms with E-state index in [1.165, 1.54) is 18.3 Å². The normalized spacial score (nSPS) is 12.2. The molecular weight excluding hydrogens is 247 g/mol. The van der Waals surface area contributed by atoms with Gasteiger partial charge in [-0.05, 0) is 18.6 Å². The largest absolute Gasteiger partial charge is 0.391 e. The molecular formula is C13H15FN4O. The lowest BCUT2D eigenvalue weighted by molar-refractivity contribution is 0.183. The van der Waals surface area contributed by atoms with E-state index in [1.54, 1.807) is 12.1 Å². The summed E-state index contributed by atoms with van der Waals surface area (Å²) in [4.78, 5) is 4.23. The minimum atomic E-state index is -0.457. The maximum Gasteiger partial charge on any atom is 0.243 e. The summed E-state index contributed by atoms with van der Waals surface area (Å²) in [5.41, 5.74) is 1.16. The van der Waals surface area contributed by atoms with Crippen molar-refractivity contribution in [3.63, 3.8) is 0 Å². The van der Waals surface area contributed by atoms with Gasteiger partial charge >= 0.3 is 0 Å². The van der Waals surface area contributed by atoms with Gasteiger partial charge in [0.1, 0.15) is 5.82 Å². The van der Waals surface area contributed by atoms with E-state index < -0.39 is 6.10 Å². The second kappa shape index (κ2) is 6.19. The van der Waals surface area contributed by atoms with Crippen LogP contribution in [0.2, 0.25) is 0 Å². The molecule has 0 aliphatic carbocycles. The Kier molecular flexibility index (Phi) is 4.35. The molecule has 2 N–H and O–H groups in total. The van der Waals surface area contributed by atoms with Crippen LogP contribution < -0.4 is 5.32 Å². The van der Waals surface area contributed by atoms with Crippen molar-refractivity contribution in [2.45, 2.75) is 19.4 Å². The first-order valence-electron chi connectivity index (χ1n) is 6.06. The molecule has 1 aromatic carbocycles. The van der Waals surface area contributed by atoms with Gasteiger partial charge in [-0.3, -0.25) is 0 Å². The zero-order chi connectivity index (χ0) is 13.7. The molecule has 5 nitrogen and oxygen atoms in total. The Bertz CT molecular complexity index is 550. The van der Waals surface area contributed by atoms with E-state index in [0.717, 1.165) is 0 Å². The number of nitrogens with one attached hydrogen (secondary N) is 1. The monoisotopic (exact) mass is 262 g/mol. The van der Waals surface area contributed by atoms with Crippen LogP contribution in [0.1, 0.15) is 13.3 Å². The topological polar surface area (TPSA) is 70.9 Å². The molecule has 0 fully saturated rings. The molecule has 0 saturated carbocycles. The lowest BCUT2D eigenvalue weighted by atomic mass is 10.2. The summed E-state index contributed by atoms with van der Waals surface area (Å²) >= 11 is 0. The van der Waals surface area contributed by atoms with Crippen LogP contribution in [-0.2, 0) is 0 Å². The molecule has 0 aliphatic heterocycles. The Hall–Kier alpha value is -2.08. The van der Waals surface area contributed by atoms with Crippen molar-refractivity contribution in [1.82, 2.24) is 15.2 Å². The SMILES string of the molecule is CC[C@H](O)CNc1nncc(-c2cccc(F)c2)n1. The molecule has 0 amide bonds. The van der Waals surface area contributed by atoms with Crippen LogP contribution in [-0.4, -0.2) is 32.9 Å². The number of halogens is 1. The fourth-order valence-corrected chi connectivity index (χ4v) is 1.52. The number of aliphatic hydroxyl groups is 1. The van der Waals surface area contributed by atoms with Crippen LogP contribution in [0.25, 0.3) is 11.3 Å². The minimum Gasteiger partial charge on any atom is -0.391 e. The first kappa shape index (κ1) is 13.4. The van der Waals surface area contributed by atoms with Gasteiger partial charge in [-0.15, -0.1) is 5.10 Å². The van der Waals surface area contributed by atoms with Gasteiger partial charge in [0.05, 0.1) is 18.0 Å². The van der Waals surface area contributed by atoms with Crippen LogP contribution >= 0.6 is 0 Å². The molecule has 19 heavy (non-hydrogen) atoms. The Balaban J connectivity index is 2.15. The van der Waals surface area contributed by atoms with Gasteiger partial charge in [0, 0.05) is 12.1 Å². The zero-order valence-electron chi connectivity index (χ0n) is 10.5. The standard InChI is InChI=1S/C13H15FN4O/c1-2-11(19)7-15-13-17-12(8-16-18-13)9-4-3-5-10(14)6-9/h3-6,8,11,19H,2,7H2,1H3,(H,15,17,18)/t11-/m0/s1. The first-order valence-corrected chi connectivity index (χ1v) is 6.06. The first-order chi connectivity index (χ1) is 9.19. The average Bonchev–Trinajstić information content (AvgIpc) is 2.45. The molecule has 0 aliphatic rings. The molecule has 0 radical (unpaired) electrons. The fourth-order valence-electron chi connectivity index (χ4n) is 1.52. The van der Waals surface area contributed by atoms with Crippen molar-refractivity contribution < 1.29 is 9.50 Å². The van der Waals surface area contributed by atoms with Gasteiger partial charge in [0.25, 0.3) is 0 Å². The molecule has 6 heteroatoms. The molecule has 0 bridgehead atoms. The second-order valence-electron chi connectivity index (χ2n) is 4.12. The minimum absolute atomic E-state index is 0.314. The summed E-state index contributed by atoms with van der Waals surface area (Å²) in [5, 5.41) is 20.0. The van der Waals surface area contributed by atoms with Gasteiger partial charge in [0.2, 0.25) is 5.95 Å². The number of hydrogen-bond acceptors (Lipinski definition) is 5. The van der Waals surface area contributed by atoms with Gasteiger partial charge in [-0.2, -0.15) is 5.10 Å².